The molecule has 92 valence electrons. The maximum Gasteiger partial charge on any atom is 0.316 e. The predicted molar refractivity (Wildman–Crippen MR) is 70.4 cm³/mol. The number of para-hydroxylation sites is 1. The number of primary amides is 1. The molecule has 0 fully saturated rings. The first kappa shape index (κ1) is 12.0. The Bertz CT molecular complexity index is 509. The Morgan fingerprint density at radius 1 is 1.06 bits per heavy atom. The Hall–Kier alpha value is -2.49. The van der Waals surface area contributed by atoms with E-state index in [-0.39, 0.29) is 0 Å². The quantitative estimate of drug-likeness (QED) is 0.865. The van der Waals surface area contributed by atoms with E-state index in [1.54, 1.807) is 12.1 Å². The van der Waals surface area contributed by atoms with Crippen LogP contribution >= 0.6 is 0 Å². The van der Waals surface area contributed by atoms with Gasteiger partial charge in [0, 0.05) is 5.69 Å². The Morgan fingerprint density at radius 2 is 1.72 bits per heavy atom. The largest absolute Gasteiger partial charge is 0.489 e. The van der Waals surface area contributed by atoms with Crippen LogP contribution in [0.4, 0.5) is 10.5 Å². The fourth-order valence-corrected chi connectivity index (χ4v) is 1.51. The first-order chi connectivity index (χ1) is 8.74. The minimum atomic E-state index is -0.566. The highest BCUT2D eigenvalue weighted by Crippen LogP contribution is 2.13. The van der Waals surface area contributed by atoms with Crippen LogP contribution in [0.5, 0.6) is 5.75 Å². The minimum Gasteiger partial charge on any atom is -0.489 e. The number of carbonyl (C=O) groups is 1. The van der Waals surface area contributed by atoms with E-state index in [9.17, 15) is 4.79 Å². The molecule has 2 rings (SSSR count). The number of carbonyl (C=O) groups excluding carboxylic acids is 1. The zero-order valence-electron chi connectivity index (χ0n) is 9.80. The van der Waals surface area contributed by atoms with Crippen molar-refractivity contribution in [2.24, 2.45) is 5.73 Å². The van der Waals surface area contributed by atoms with Gasteiger partial charge in [-0.25, -0.2) is 4.79 Å². The van der Waals surface area contributed by atoms with Gasteiger partial charge in [-0.05, 0) is 29.8 Å². The summed E-state index contributed by atoms with van der Waals surface area (Å²) in [6, 6.07) is 16.4. The van der Waals surface area contributed by atoms with Gasteiger partial charge in [-0.3, -0.25) is 0 Å². The van der Waals surface area contributed by atoms with Crippen LogP contribution in [-0.2, 0) is 6.61 Å². The van der Waals surface area contributed by atoms with Crippen molar-refractivity contribution in [3.63, 3.8) is 0 Å². The van der Waals surface area contributed by atoms with Crippen LogP contribution in [0.3, 0.4) is 0 Å². The number of amides is 2. The predicted octanol–water partition coefficient (Wildman–Crippen LogP) is 2.76. The molecule has 0 saturated carbocycles. The average Bonchev–Trinajstić information content (AvgIpc) is 2.38. The van der Waals surface area contributed by atoms with Crippen LogP contribution in [0.1, 0.15) is 5.56 Å². The van der Waals surface area contributed by atoms with Crippen molar-refractivity contribution < 1.29 is 9.53 Å². The van der Waals surface area contributed by atoms with Gasteiger partial charge in [0.05, 0.1) is 0 Å². The molecule has 0 saturated heterocycles. The molecule has 3 N–H and O–H groups in total. The van der Waals surface area contributed by atoms with Gasteiger partial charge >= 0.3 is 6.03 Å². The second kappa shape index (κ2) is 5.72. The number of hydrogen-bond donors (Lipinski definition) is 2. The van der Waals surface area contributed by atoms with Crippen molar-refractivity contribution in [3.05, 3.63) is 60.2 Å². The number of anilines is 1. The lowest BCUT2D eigenvalue weighted by Crippen LogP contribution is -2.19. The smallest absolute Gasteiger partial charge is 0.316 e. The van der Waals surface area contributed by atoms with Gasteiger partial charge in [0.15, 0.2) is 0 Å². The normalized spacial score (nSPS) is 9.78. The van der Waals surface area contributed by atoms with Gasteiger partial charge in [0.2, 0.25) is 0 Å². The van der Waals surface area contributed by atoms with E-state index in [2.05, 4.69) is 5.32 Å². The molecule has 0 unspecified atom stereocenters. The van der Waals surface area contributed by atoms with E-state index < -0.39 is 6.03 Å². The third kappa shape index (κ3) is 3.52. The summed E-state index contributed by atoms with van der Waals surface area (Å²) >= 11 is 0. The maximum atomic E-state index is 10.7. The molecule has 2 amide bonds. The fourth-order valence-electron chi connectivity index (χ4n) is 1.51. The SMILES string of the molecule is NC(=O)Nc1ccc(COc2ccccc2)cc1. The van der Waals surface area contributed by atoms with E-state index in [1.807, 2.05) is 42.5 Å². The summed E-state index contributed by atoms with van der Waals surface area (Å²) in [6.07, 6.45) is 0. The summed E-state index contributed by atoms with van der Waals surface area (Å²) in [4.78, 5) is 10.7. The molecule has 0 atom stereocenters. The number of nitrogens with one attached hydrogen (secondary N) is 1. The van der Waals surface area contributed by atoms with Crippen LogP contribution in [0.15, 0.2) is 54.6 Å². The van der Waals surface area contributed by atoms with E-state index in [0.29, 0.717) is 12.3 Å². The number of ether oxygens (including phenoxy) is 1. The van der Waals surface area contributed by atoms with Crippen molar-refractivity contribution in [1.82, 2.24) is 0 Å². The summed E-state index contributed by atoms with van der Waals surface area (Å²) in [6.45, 7) is 0.487. The van der Waals surface area contributed by atoms with Gasteiger partial charge in [0.1, 0.15) is 12.4 Å². The molecular weight excluding hydrogens is 228 g/mol. The lowest BCUT2D eigenvalue weighted by Gasteiger charge is -2.07. The monoisotopic (exact) mass is 242 g/mol. The highest BCUT2D eigenvalue weighted by atomic mass is 16.5. The fraction of sp³-hybridized carbons (Fsp3) is 0.0714. The standard InChI is InChI=1S/C14H14N2O2/c15-14(17)16-12-8-6-11(7-9-12)10-18-13-4-2-1-3-5-13/h1-9H,10H2,(H3,15,16,17). The molecule has 18 heavy (non-hydrogen) atoms. The third-order valence-electron chi connectivity index (χ3n) is 2.37. The zero-order chi connectivity index (χ0) is 12.8. The molecule has 0 aliphatic rings. The molecule has 0 heterocycles. The van der Waals surface area contributed by atoms with Gasteiger partial charge in [-0.2, -0.15) is 0 Å². The molecule has 2 aromatic rings. The number of urea groups is 1. The summed E-state index contributed by atoms with van der Waals surface area (Å²) < 4.78 is 5.60. The third-order valence-corrected chi connectivity index (χ3v) is 2.37. The molecule has 0 bridgehead atoms. The van der Waals surface area contributed by atoms with Crippen LogP contribution in [0, 0.1) is 0 Å². The molecule has 0 spiro atoms. The lowest BCUT2D eigenvalue weighted by molar-refractivity contribution is 0.259. The number of rotatable bonds is 4. The zero-order valence-corrected chi connectivity index (χ0v) is 9.80. The molecule has 4 nitrogen and oxygen atoms in total. The van der Waals surface area contributed by atoms with Crippen molar-refractivity contribution >= 4 is 11.7 Å². The van der Waals surface area contributed by atoms with E-state index in [4.69, 9.17) is 10.5 Å². The second-order valence-corrected chi connectivity index (χ2v) is 3.79. The van der Waals surface area contributed by atoms with Gasteiger partial charge < -0.3 is 15.8 Å². The van der Waals surface area contributed by atoms with Crippen LogP contribution in [0.2, 0.25) is 0 Å². The molecular formula is C14H14N2O2. The number of hydrogen-bond acceptors (Lipinski definition) is 2. The Labute approximate surface area is 105 Å². The molecule has 2 aromatic carbocycles. The molecule has 0 radical (unpaired) electrons. The molecule has 0 aliphatic carbocycles. The first-order valence-electron chi connectivity index (χ1n) is 5.57. The van der Waals surface area contributed by atoms with E-state index in [0.717, 1.165) is 11.3 Å². The summed E-state index contributed by atoms with van der Waals surface area (Å²) in [5.41, 5.74) is 6.72. The van der Waals surface area contributed by atoms with E-state index >= 15 is 0 Å². The van der Waals surface area contributed by atoms with Gasteiger partial charge in [0.25, 0.3) is 0 Å². The van der Waals surface area contributed by atoms with Crippen LogP contribution in [0.25, 0.3) is 0 Å². The molecule has 0 aromatic heterocycles. The summed E-state index contributed by atoms with van der Waals surface area (Å²) in [7, 11) is 0. The van der Waals surface area contributed by atoms with Crippen molar-refractivity contribution in [3.8, 4) is 5.75 Å². The minimum absolute atomic E-state index is 0.487. The topological polar surface area (TPSA) is 64.4 Å². The number of benzene rings is 2. The Balaban J connectivity index is 1.92. The Morgan fingerprint density at radius 3 is 2.33 bits per heavy atom. The lowest BCUT2D eigenvalue weighted by atomic mass is 10.2. The van der Waals surface area contributed by atoms with Crippen LogP contribution < -0.4 is 15.8 Å². The molecule has 0 aliphatic heterocycles. The van der Waals surface area contributed by atoms with Crippen LogP contribution in [-0.4, -0.2) is 6.03 Å². The van der Waals surface area contributed by atoms with Gasteiger partial charge in [-0.15, -0.1) is 0 Å². The van der Waals surface area contributed by atoms with Crippen molar-refractivity contribution in [1.29, 1.82) is 0 Å². The summed E-state index contributed by atoms with van der Waals surface area (Å²) in [5.74, 6) is 0.830. The Kier molecular flexibility index (Phi) is 3.81. The highest BCUT2D eigenvalue weighted by molar-refractivity contribution is 5.87. The summed E-state index contributed by atoms with van der Waals surface area (Å²) in [5, 5.41) is 2.50. The van der Waals surface area contributed by atoms with Crippen molar-refractivity contribution in [2.75, 3.05) is 5.32 Å². The van der Waals surface area contributed by atoms with E-state index in [1.165, 1.54) is 0 Å². The van der Waals surface area contributed by atoms with Crippen molar-refractivity contribution in [2.45, 2.75) is 6.61 Å². The van der Waals surface area contributed by atoms with Gasteiger partial charge in [-0.1, -0.05) is 30.3 Å². The highest BCUT2D eigenvalue weighted by Gasteiger charge is 1.98. The number of nitrogens with two attached hydrogens (primary N) is 1. The molecule has 4 heteroatoms. The second-order valence-electron chi connectivity index (χ2n) is 3.79. The average molecular weight is 242 g/mol. The first-order valence-corrected chi connectivity index (χ1v) is 5.57. The maximum absolute atomic E-state index is 10.7.